The zero-order valence-electron chi connectivity index (χ0n) is 16.9. The molecule has 1 aliphatic heterocycles. The van der Waals surface area contributed by atoms with Gasteiger partial charge in [0.15, 0.2) is 5.82 Å². The molecule has 0 unspecified atom stereocenters. The SMILES string of the molecule is Cc1ccc(S(=O)(=O)N2CCN(c3ccc(-c4ccc(F)cc4)nn3)CC2)cc1C. The van der Waals surface area contributed by atoms with E-state index in [2.05, 4.69) is 10.2 Å². The fraction of sp³-hybridized carbons (Fsp3) is 0.273. The van der Waals surface area contributed by atoms with Crippen LogP contribution in [0.25, 0.3) is 11.3 Å². The molecule has 1 aliphatic rings. The molecular formula is C22H23FN4O2S. The topological polar surface area (TPSA) is 66.4 Å². The molecule has 0 atom stereocenters. The Morgan fingerprint density at radius 2 is 1.53 bits per heavy atom. The van der Waals surface area contributed by atoms with E-state index < -0.39 is 10.0 Å². The largest absolute Gasteiger partial charge is 0.352 e. The number of aryl methyl sites for hydroxylation is 2. The Morgan fingerprint density at radius 3 is 2.13 bits per heavy atom. The average Bonchev–Trinajstić information content (AvgIpc) is 2.76. The van der Waals surface area contributed by atoms with Crippen LogP contribution >= 0.6 is 0 Å². The Kier molecular flexibility index (Phi) is 5.53. The van der Waals surface area contributed by atoms with Crippen LogP contribution in [0.3, 0.4) is 0 Å². The van der Waals surface area contributed by atoms with Crippen LogP contribution in [0, 0.1) is 19.7 Å². The molecule has 0 saturated carbocycles. The second-order valence-electron chi connectivity index (χ2n) is 7.42. The van der Waals surface area contributed by atoms with Crippen molar-refractivity contribution in [3.8, 4) is 11.3 Å². The fourth-order valence-corrected chi connectivity index (χ4v) is 4.96. The highest BCUT2D eigenvalue weighted by molar-refractivity contribution is 7.89. The van der Waals surface area contributed by atoms with Crippen molar-refractivity contribution in [1.82, 2.24) is 14.5 Å². The standard InChI is InChI=1S/C22H23FN4O2S/c1-16-3-8-20(15-17(16)2)30(28,29)27-13-11-26(12-14-27)22-10-9-21(24-25-22)18-4-6-19(23)7-5-18/h3-10,15H,11-14H2,1-2H3. The quantitative estimate of drug-likeness (QED) is 0.640. The van der Waals surface area contributed by atoms with Crippen LogP contribution < -0.4 is 4.90 Å². The van der Waals surface area contributed by atoms with Crippen molar-refractivity contribution in [2.75, 3.05) is 31.1 Å². The van der Waals surface area contributed by atoms with Gasteiger partial charge in [0.2, 0.25) is 10.0 Å². The Labute approximate surface area is 176 Å². The predicted molar refractivity (Wildman–Crippen MR) is 114 cm³/mol. The van der Waals surface area contributed by atoms with Gasteiger partial charge in [-0.25, -0.2) is 12.8 Å². The zero-order chi connectivity index (χ0) is 21.3. The van der Waals surface area contributed by atoms with Crippen LogP contribution in [-0.2, 0) is 10.0 Å². The maximum atomic E-state index is 13.1. The van der Waals surface area contributed by atoms with E-state index in [0.29, 0.717) is 42.6 Å². The molecule has 8 heteroatoms. The molecule has 3 aromatic rings. The second-order valence-corrected chi connectivity index (χ2v) is 9.36. The monoisotopic (exact) mass is 426 g/mol. The molecule has 1 aromatic heterocycles. The van der Waals surface area contributed by atoms with E-state index >= 15 is 0 Å². The fourth-order valence-electron chi connectivity index (χ4n) is 3.45. The summed E-state index contributed by atoms with van der Waals surface area (Å²) in [5.41, 5.74) is 3.49. The molecular weight excluding hydrogens is 403 g/mol. The summed E-state index contributed by atoms with van der Waals surface area (Å²) in [6, 6.07) is 15.1. The first-order chi connectivity index (χ1) is 14.3. The minimum absolute atomic E-state index is 0.294. The lowest BCUT2D eigenvalue weighted by atomic mass is 10.1. The van der Waals surface area contributed by atoms with Crippen LogP contribution in [0.5, 0.6) is 0 Å². The van der Waals surface area contributed by atoms with Crippen molar-refractivity contribution in [2.24, 2.45) is 0 Å². The molecule has 0 spiro atoms. The van der Waals surface area contributed by atoms with Gasteiger partial charge in [-0.15, -0.1) is 10.2 Å². The minimum Gasteiger partial charge on any atom is -0.352 e. The number of halogens is 1. The molecule has 2 heterocycles. The summed E-state index contributed by atoms with van der Waals surface area (Å²) in [7, 11) is -3.51. The Balaban J connectivity index is 1.44. The molecule has 0 aliphatic carbocycles. The van der Waals surface area contributed by atoms with Gasteiger partial charge in [0.05, 0.1) is 10.6 Å². The van der Waals surface area contributed by atoms with Crippen molar-refractivity contribution in [1.29, 1.82) is 0 Å². The van der Waals surface area contributed by atoms with Gasteiger partial charge in [-0.2, -0.15) is 4.31 Å². The first-order valence-corrected chi connectivity index (χ1v) is 11.2. The Morgan fingerprint density at radius 1 is 0.833 bits per heavy atom. The smallest absolute Gasteiger partial charge is 0.243 e. The number of aromatic nitrogens is 2. The highest BCUT2D eigenvalue weighted by Gasteiger charge is 2.29. The van der Waals surface area contributed by atoms with E-state index in [4.69, 9.17) is 0 Å². The van der Waals surface area contributed by atoms with E-state index in [9.17, 15) is 12.8 Å². The molecule has 30 heavy (non-hydrogen) atoms. The van der Waals surface area contributed by atoms with Crippen molar-refractivity contribution < 1.29 is 12.8 Å². The predicted octanol–water partition coefficient (Wildman–Crippen LogP) is 3.41. The summed E-state index contributed by atoms with van der Waals surface area (Å²) < 4.78 is 40.5. The number of hydrogen-bond acceptors (Lipinski definition) is 5. The van der Waals surface area contributed by atoms with Crippen LogP contribution in [-0.4, -0.2) is 49.1 Å². The number of benzene rings is 2. The van der Waals surface area contributed by atoms with Gasteiger partial charge in [-0.1, -0.05) is 6.07 Å². The van der Waals surface area contributed by atoms with Crippen LogP contribution in [0.4, 0.5) is 10.2 Å². The number of sulfonamides is 1. The maximum absolute atomic E-state index is 13.1. The van der Waals surface area contributed by atoms with Gasteiger partial charge in [0, 0.05) is 31.7 Å². The lowest BCUT2D eigenvalue weighted by Crippen LogP contribution is -2.49. The third kappa shape index (κ3) is 4.06. The van der Waals surface area contributed by atoms with Crippen LogP contribution in [0.15, 0.2) is 59.5 Å². The minimum atomic E-state index is -3.51. The summed E-state index contributed by atoms with van der Waals surface area (Å²) in [6.07, 6.45) is 0. The van der Waals surface area contributed by atoms with E-state index in [1.54, 1.807) is 24.3 Å². The number of hydrogen-bond donors (Lipinski definition) is 0. The number of rotatable bonds is 4. The summed E-state index contributed by atoms with van der Waals surface area (Å²) in [5, 5.41) is 8.52. The molecule has 1 saturated heterocycles. The third-order valence-corrected chi connectivity index (χ3v) is 7.36. The van der Waals surface area contributed by atoms with Crippen molar-refractivity contribution >= 4 is 15.8 Å². The molecule has 0 N–H and O–H groups in total. The normalized spacial score (nSPS) is 15.4. The molecule has 1 fully saturated rings. The second kappa shape index (κ2) is 8.12. The molecule has 0 amide bonds. The van der Waals surface area contributed by atoms with E-state index in [1.165, 1.54) is 16.4 Å². The van der Waals surface area contributed by atoms with Crippen LogP contribution in [0.1, 0.15) is 11.1 Å². The van der Waals surface area contributed by atoms with E-state index in [1.807, 2.05) is 36.9 Å². The first-order valence-electron chi connectivity index (χ1n) is 9.76. The van der Waals surface area contributed by atoms with Gasteiger partial charge in [0.25, 0.3) is 0 Å². The maximum Gasteiger partial charge on any atom is 0.243 e. The number of piperazine rings is 1. The van der Waals surface area contributed by atoms with Crippen molar-refractivity contribution in [3.05, 3.63) is 71.5 Å². The van der Waals surface area contributed by atoms with Gasteiger partial charge in [-0.3, -0.25) is 0 Å². The first kappa shape index (κ1) is 20.4. The highest BCUT2D eigenvalue weighted by atomic mass is 32.2. The van der Waals surface area contributed by atoms with Crippen molar-refractivity contribution in [3.63, 3.8) is 0 Å². The molecule has 6 nitrogen and oxygen atoms in total. The van der Waals surface area contributed by atoms with Crippen LogP contribution in [0.2, 0.25) is 0 Å². The lowest BCUT2D eigenvalue weighted by Gasteiger charge is -2.34. The zero-order valence-corrected chi connectivity index (χ0v) is 17.7. The molecule has 156 valence electrons. The van der Waals surface area contributed by atoms with Gasteiger partial charge < -0.3 is 4.90 Å². The molecule has 2 aromatic carbocycles. The third-order valence-electron chi connectivity index (χ3n) is 5.47. The van der Waals surface area contributed by atoms with E-state index in [-0.39, 0.29) is 5.82 Å². The number of anilines is 1. The summed E-state index contributed by atoms with van der Waals surface area (Å²) in [4.78, 5) is 2.36. The molecule has 0 radical (unpaired) electrons. The van der Waals surface area contributed by atoms with Gasteiger partial charge >= 0.3 is 0 Å². The molecule has 0 bridgehead atoms. The van der Waals surface area contributed by atoms with Crippen molar-refractivity contribution in [2.45, 2.75) is 18.7 Å². The van der Waals surface area contributed by atoms with E-state index in [0.717, 1.165) is 16.7 Å². The summed E-state index contributed by atoms with van der Waals surface area (Å²) in [6.45, 7) is 5.73. The highest BCUT2D eigenvalue weighted by Crippen LogP contribution is 2.23. The molecule has 4 rings (SSSR count). The summed E-state index contributed by atoms with van der Waals surface area (Å²) in [5.74, 6) is 0.404. The Bertz CT molecular complexity index is 1140. The van der Waals surface area contributed by atoms with Gasteiger partial charge in [0.1, 0.15) is 5.82 Å². The van der Waals surface area contributed by atoms with Gasteiger partial charge in [-0.05, 0) is 73.5 Å². The number of nitrogens with zero attached hydrogens (tertiary/aromatic N) is 4. The average molecular weight is 427 g/mol. The lowest BCUT2D eigenvalue weighted by molar-refractivity contribution is 0.383. The summed E-state index contributed by atoms with van der Waals surface area (Å²) >= 11 is 0. The Hall–Kier alpha value is -2.84.